The first kappa shape index (κ1) is 33.7. The van der Waals surface area contributed by atoms with Gasteiger partial charge in [-0.3, -0.25) is 24.0 Å². The van der Waals surface area contributed by atoms with Gasteiger partial charge in [-0.05, 0) is 52.9 Å². The minimum atomic E-state index is -0.924. The molecule has 2 unspecified atom stereocenters. The molecule has 11 heteroatoms. The van der Waals surface area contributed by atoms with Gasteiger partial charge in [-0.1, -0.05) is 27.7 Å². The molecule has 0 aliphatic carbocycles. The molecule has 2 heterocycles. The predicted molar refractivity (Wildman–Crippen MR) is 152 cm³/mol. The van der Waals surface area contributed by atoms with Gasteiger partial charge in [-0.15, -0.1) is 0 Å². The number of nitrogens with zero attached hydrogens (tertiary/aromatic N) is 2. The van der Waals surface area contributed by atoms with E-state index in [4.69, 9.17) is 0 Å². The number of ketones is 1. The van der Waals surface area contributed by atoms with E-state index in [1.807, 2.05) is 20.8 Å². The smallest absolute Gasteiger partial charge is 0.246 e. The van der Waals surface area contributed by atoms with Crippen molar-refractivity contribution in [1.82, 2.24) is 25.8 Å². The first-order valence-corrected chi connectivity index (χ1v) is 14.7. The van der Waals surface area contributed by atoms with Gasteiger partial charge in [0.1, 0.15) is 12.1 Å². The number of unbranched alkanes of at least 4 members (excludes halogenated alkanes) is 1. The van der Waals surface area contributed by atoms with Gasteiger partial charge in [-0.25, -0.2) is 0 Å². The van der Waals surface area contributed by atoms with E-state index >= 15 is 0 Å². The van der Waals surface area contributed by atoms with E-state index in [0.717, 1.165) is 0 Å². The summed E-state index contributed by atoms with van der Waals surface area (Å²) < 4.78 is 0. The van der Waals surface area contributed by atoms with Gasteiger partial charge in [0, 0.05) is 43.4 Å². The lowest BCUT2D eigenvalue weighted by molar-refractivity contribution is -0.147. The summed E-state index contributed by atoms with van der Waals surface area (Å²) in [6.45, 7) is 14.1. The molecule has 2 fully saturated rings. The number of rotatable bonds is 12. The van der Waals surface area contributed by atoms with Crippen LogP contribution in [0.15, 0.2) is 0 Å². The van der Waals surface area contributed by atoms with Crippen LogP contribution in [0.3, 0.4) is 0 Å². The number of amides is 4. The maximum atomic E-state index is 13.6. The second-order valence-corrected chi connectivity index (χ2v) is 13.1. The van der Waals surface area contributed by atoms with Crippen LogP contribution >= 0.6 is 0 Å². The molecule has 0 aromatic heterocycles. The van der Waals surface area contributed by atoms with Gasteiger partial charge in [0.25, 0.3) is 0 Å². The van der Waals surface area contributed by atoms with Crippen LogP contribution in [-0.2, 0) is 24.0 Å². The summed E-state index contributed by atoms with van der Waals surface area (Å²) in [5.74, 6) is -1.14. The van der Waals surface area contributed by atoms with Crippen LogP contribution in [0.1, 0.15) is 93.4 Å². The Morgan fingerprint density at radius 3 is 2.25 bits per heavy atom. The fourth-order valence-electron chi connectivity index (χ4n) is 5.15. The lowest BCUT2D eigenvalue weighted by Crippen LogP contribution is -2.56. The first-order valence-electron chi connectivity index (χ1n) is 14.7. The van der Waals surface area contributed by atoms with E-state index in [9.17, 15) is 29.1 Å². The highest BCUT2D eigenvalue weighted by Crippen LogP contribution is 2.26. The van der Waals surface area contributed by atoms with Crippen LogP contribution < -0.4 is 16.0 Å². The van der Waals surface area contributed by atoms with Crippen molar-refractivity contribution < 1.29 is 29.1 Å². The molecule has 0 radical (unpaired) electrons. The molecule has 4 N–H and O–H groups in total. The molecule has 0 saturated carbocycles. The molecule has 0 aromatic rings. The van der Waals surface area contributed by atoms with Crippen molar-refractivity contribution in [2.75, 3.05) is 26.2 Å². The largest absolute Gasteiger partial charge is 0.391 e. The molecule has 2 rings (SSSR count). The van der Waals surface area contributed by atoms with E-state index in [2.05, 4.69) is 16.0 Å². The van der Waals surface area contributed by atoms with E-state index in [1.54, 1.807) is 32.6 Å². The monoisotopic (exact) mass is 565 g/mol. The Hall–Kier alpha value is -2.53. The molecule has 2 aliphatic heterocycles. The molecule has 4 amide bonds. The molecule has 2 aliphatic rings. The quantitative estimate of drug-likeness (QED) is 0.259. The molecule has 228 valence electrons. The second-order valence-electron chi connectivity index (χ2n) is 13.1. The maximum Gasteiger partial charge on any atom is 0.246 e. The summed E-state index contributed by atoms with van der Waals surface area (Å²) in [7, 11) is 0. The zero-order chi connectivity index (χ0) is 30.3. The molecule has 2 saturated heterocycles. The minimum absolute atomic E-state index is 0.00466. The summed E-state index contributed by atoms with van der Waals surface area (Å²) in [5, 5.41) is 19.3. The average molecular weight is 566 g/mol. The summed E-state index contributed by atoms with van der Waals surface area (Å²) in [4.78, 5) is 67.7. The standard InChI is InChI=1S/C29H51N5O6/c1-8-23(36)30-14-10-9-12-20(25(38)28(2,3)4)32-26(39)22-16-19(35)18-34(22)27(40)21-13-11-15-33(21)24(37)17-31-29(5,6)7/h19-22,31,35H,8-18H2,1-7H3,(H,30,36)(H,32,39)/t19?,20?,21-,22-/m1/s1. The van der Waals surface area contributed by atoms with E-state index in [-0.39, 0.29) is 48.6 Å². The molecular weight excluding hydrogens is 514 g/mol. The summed E-state index contributed by atoms with van der Waals surface area (Å²) >= 11 is 0. The summed E-state index contributed by atoms with van der Waals surface area (Å²) in [6.07, 6.45) is 2.48. The minimum Gasteiger partial charge on any atom is -0.391 e. The topological polar surface area (TPSA) is 148 Å². The number of β-amino-alcohol motifs (C(OH)–C–C–N with tert-alkyl or cyclic N) is 1. The Morgan fingerprint density at radius 1 is 0.975 bits per heavy atom. The fourth-order valence-corrected chi connectivity index (χ4v) is 5.15. The number of Topliss-reactive ketones (excluding diaryl/α,β-unsaturated/α-hetero) is 1. The Balaban J connectivity index is 2.10. The number of nitrogens with one attached hydrogen (secondary N) is 3. The van der Waals surface area contributed by atoms with Crippen LogP contribution in [0.4, 0.5) is 0 Å². The van der Waals surface area contributed by atoms with Crippen molar-refractivity contribution in [3.8, 4) is 0 Å². The highest BCUT2D eigenvalue weighted by Gasteiger charge is 2.45. The van der Waals surface area contributed by atoms with E-state index < -0.39 is 35.6 Å². The summed E-state index contributed by atoms with van der Waals surface area (Å²) in [6, 6.07) is -2.36. The second kappa shape index (κ2) is 14.4. The van der Waals surface area contributed by atoms with Crippen molar-refractivity contribution in [2.24, 2.45) is 5.41 Å². The van der Waals surface area contributed by atoms with Gasteiger partial charge < -0.3 is 30.9 Å². The molecule has 40 heavy (non-hydrogen) atoms. The normalized spacial score (nSPS) is 22.2. The third-order valence-electron chi connectivity index (χ3n) is 7.43. The average Bonchev–Trinajstić information content (AvgIpc) is 3.51. The van der Waals surface area contributed by atoms with Crippen LogP contribution in [0.5, 0.6) is 0 Å². The molecular formula is C29H51N5O6. The van der Waals surface area contributed by atoms with Crippen molar-refractivity contribution >= 4 is 29.4 Å². The van der Waals surface area contributed by atoms with E-state index in [1.165, 1.54) is 4.90 Å². The van der Waals surface area contributed by atoms with Gasteiger partial charge in [0.2, 0.25) is 23.6 Å². The van der Waals surface area contributed by atoms with Crippen molar-refractivity contribution in [3.63, 3.8) is 0 Å². The van der Waals surface area contributed by atoms with Crippen molar-refractivity contribution in [1.29, 1.82) is 0 Å². The number of carbonyl (C=O) groups excluding carboxylic acids is 5. The van der Waals surface area contributed by atoms with Crippen LogP contribution in [0.25, 0.3) is 0 Å². The van der Waals surface area contributed by atoms with Gasteiger partial charge >= 0.3 is 0 Å². The SMILES string of the molecule is CCC(=O)NCCCCC(NC(=O)[C@H]1CC(O)CN1C(=O)[C@H]1CCCN1C(=O)CNC(C)(C)C)C(=O)C(C)(C)C. The number of hydrogen-bond acceptors (Lipinski definition) is 7. The van der Waals surface area contributed by atoms with Gasteiger partial charge in [0.15, 0.2) is 5.78 Å². The summed E-state index contributed by atoms with van der Waals surface area (Å²) in [5.41, 5.74) is -0.938. The van der Waals surface area contributed by atoms with Crippen molar-refractivity contribution in [2.45, 2.75) is 123 Å². The number of hydrogen-bond donors (Lipinski definition) is 4. The fraction of sp³-hybridized carbons (Fsp3) is 0.828. The highest BCUT2D eigenvalue weighted by molar-refractivity contribution is 5.96. The Bertz CT molecular complexity index is 925. The highest BCUT2D eigenvalue weighted by atomic mass is 16.3. The lowest BCUT2D eigenvalue weighted by Gasteiger charge is -2.32. The number of aliphatic hydroxyl groups excluding tert-OH is 1. The molecule has 0 aromatic carbocycles. The van der Waals surface area contributed by atoms with Crippen LogP contribution in [0.2, 0.25) is 0 Å². The molecule has 4 atom stereocenters. The van der Waals surface area contributed by atoms with E-state index in [0.29, 0.717) is 51.6 Å². The molecule has 11 nitrogen and oxygen atoms in total. The van der Waals surface area contributed by atoms with Gasteiger partial charge in [0.05, 0.1) is 18.7 Å². The molecule has 0 bridgehead atoms. The third kappa shape index (κ3) is 9.83. The Morgan fingerprint density at radius 2 is 1.65 bits per heavy atom. The van der Waals surface area contributed by atoms with Crippen LogP contribution in [0, 0.1) is 5.41 Å². The number of likely N-dealkylation sites (tertiary alicyclic amines) is 2. The van der Waals surface area contributed by atoms with Crippen molar-refractivity contribution in [3.05, 3.63) is 0 Å². The third-order valence-corrected chi connectivity index (χ3v) is 7.43. The number of aliphatic hydroxyl groups is 1. The Kier molecular flexibility index (Phi) is 12.1. The number of carbonyl (C=O) groups is 5. The Labute approximate surface area is 239 Å². The maximum absolute atomic E-state index is 13.6. The zero-order valence-electron chi connectivity index (χ0n) is 25.5. The van der Waals surface area contributed by atoms with Gasteiger partial charge in [-0.2, -0.15) is 0 Å². The first-order chi connectivity index (χ1) is 18.5. The lowest BCUT2D eigenvalue weighted by atomic mass is 9.84. The molecule has 0 spiro atoms. The predicted octanol–water partition coefficient (Wildman–Crippen LogP) is 1.12. The van der Waals surface area contributed by atoms with Crippen LogP contribution in [-0.4, -0.2) is 100 Å². The zero-order valence-corrected chi connectivity index (χ0v) is 25.5.